The van der Waals surface area contributed by atoms with Gasteiger partial charge in [0.05, 0.1) is 11.9 Å². The van der Waals surface area contributed by atoms with E-state index in [4.69, 9.17) is 5.11 Å². The lowest BCUT2D eigenvalue weighted by atomic mass is 10.2. The fourth-order valence-corrected chi connectivity index (χ4v) is 3.15. The Bertz CT molecular complexity index is 533. The SMILES string of the molecule is CC(C)n1cnnc1SCC(=O)N1C[C@H](O)C[C@@H]1C(=O)O. The second-order valence-electron chi connectivity index (χ2n) is 5.19. The Morgan fingerprint density at radius 2 is 2.24 bits per heavy atom. The highest BCUT2D eigenvalue weighted by atomic mass is 32.2. The summed E-state index contributed by atoms with van der Waals surface area (Å²) in [7, 11) is 0. The number of rotatable bonds is 5. The van der Waals surface area contributed by atoms with Crippen LogP contribution in [0.5, 0.6) is 0 Å². The Balaban J connectivity index is 1.98. The Labute approximate surface area is 126 Å². The fraction of sp³-hybridized carbons (Fsp3) is 0.667. The van der Waals surface area contributed by atoms with E-state index in [9.17, 15) is 14.7 Å². The van der Waals surface area contributed by atoms with Crippen LogP contribution in [0.25, 0.3) is 0 Å². The van der Waals surface area contributed by atoms with E-state index in [1.165, 1.54) is 16.7 Å². The summed E-state index contributed by atoms with van der Waals surface area (Å²) >= 11 is 1.22. The number of aromatic nitrogens is 3. The summed E-state index contributed by atoms with van der Waals surface area (Å²) in [5, 5.41) is 27.0. The number of hydrogen-bond donors (Lipinski definition) is 2. The topological polar surface area (TPSA) is 109 Å². The van der Waals surface area contributed by atoms with E-state index < -0.39 is 18.1 Å². The zero-order valence-electron chi connectivity index (χ0n) is 11.8. The molecule has 0 radical (unpaired) electrons. The standard InChI is InChI=1S/C12H18N4O4S/c1-7(2)16-6-13-14-12(16)21-5-10(18)15-4-8(17)3-9(15)11(19)20/h6-9,17H,3-5H2,1-2H3,(H,19,20)/t8-,9-/m1/s1. The van der Waals surface area contributed by atoms with E-state index in [1.807, 2.05) is 18.4 Å². The lowest BCUT2D eigenvalue weighted by Crippen LogP contribution is -2.41. The van der Waals surface area contributed by atoms with Crippen molar-refractivity contribution in [1.82, 2.24) is 19.7 Å². The van der Waals surface area contributed by atoms with Gasteiger partial charge in [0.25, 0.3) is 0 Å². The molecule has 2 heterocycles. The van der Waals surface area contributed by atoms with Crippen LogP contribution < -0.4 is 0 Å². The maximum atomic E-state index is 12.2. The Hall–Kier alpha value is -1.61. The number of aliphatic carboxylic acids is 1. The number of β-amino-alcohol motifs (C(OH)–C–C–N with tert-alkyl or cyclic N) is 1. The maximum absolute atomic E-state index is 12.2. The van der Waals surface area contributed by atoms with Crippen LogP contribution in [-0.2, 0) is 9.59 Å². The molecule has 21 heavy (non-hydrogen) atoms. The van der Waals surface area contributed by atoms with Crippen molar-refractivity contribution in [1.29, 1.82) is 0 Å². The Morgan fingerprint density at radius 3 is 2.86 bits per heavy atom. The molecule has 0 aliphatic carbocycles. The van der Waals surface area contributed by atoms with Crippen LogP contribution in [0.2, 0.25) is 0 Å². The predicted molar refractivity (Wildman–Crippen MR) is 74.9 cm³/mol. The highest BCUT2D eigenvalue weighted by Gasteiger charge is 2.38. The summed E-state index contributed by atoms with van der Waals surface area (Å²) in [6.45, 7) is 4.02. The molecule has 0 unspecified atom stereocenters. The molecule has 8 nitrogen and oxygen atoms in total. The van der Waals surface area contributed by atoms with Crippen molar-refractivity contribution in [3.05, 3.63) is 6.33 Å². The quantitative estimate of drug-likeness (QED) is 0.736. The number of likely N-dealkylation sites (tertiary alicyclic amines) is 1. The number of hydrogen-bond acceptors (Lipinski definition) is 6. The zero-order chi connectivity index (χ0) is 15.6. The van der Waals surface area contributed by atoms with Gasteiger partial charge in [0.15, 0.2) is 5.16 Å². The molecule has 1 fully saturated rings. The third-order valence-electron chi connectivity index (χ3n) is 3.31. The molecule has 1 saturated heterocycles. The van der Waals surface area contributed by atoms with E-state index in [1.54, 1.807) is 6.33 Å². The van der Waals surface area contributed by atoms with Crippen molar-refractivity contribution >= 4 is 23.6 Å². The fourth-order valence-electron chi connectivity index (χ4n) is 2.22. The van der Waals surface area contributed by atoms with Gasteiger partial charge in [0, 0.05) is 19.0 Å². The smallest absolute Gasteiger partial charge is 0.326 e. The van der Waals surface area contributed by atoms with Gasteiger partial charge in [-0.2, -0.15) is 0 Å². The molecule has 1 aliphatic heterocycles. The highest BCUT2D eigenvalue weighted by Crippen LogP contribution is 2.23. The number of carboxylic acid groups (broad SMARTS) is 1. The van der Waals surface area contributed by atoms with Gasteiger partial charge in [-0.05, 0) is 13.8 Å². The number of carbonyl (C=O) groups excluding carboxylic acids is 1. The second kappa shape index (κ2) is 6.44. The molecule has 116 valence electrons. The van der Waals surface area contributed by atoms with Gasteiger partial charge in [0.1, 0.15) is 12.4 Å². The van der Waals surface area contributed by atoms with Crippen LogP contribution >= 0.6 is 11.8 Å². The zero-order valence-corrected chi connectivity index (χ0v) is 12.7. The molecule has 1 aliphatic rings. The Kier molecular flexibility index (Phi) is 4.84. The molecule has 1 amide bonds. The monoisotopic (exact) mass is 314 g/mol. The van der Waals surface area contributed by atoms with E-state index in [0.717, 1.165) is 0 Å². The molecule has 0 saturated carbocycles. The van der Waals surface area contributed by atoms with Gasteiger partial charge in [-0.25, -0.2) is 4.79 Å². The molecule has 9 heteroatoms. The highest BCUT2D eigenvalue weighted by molar-refractivity contribution is 7.99. The van der Waals surface area contributed by atoms with Crippen molar-refractivity contribution in [3.8, 4) is 0 Å². The number of nitrogens with zero attached hydrogens (tertiary/aromatic N) is 4. The maximum Gasteiger partial charge on any atom is 0.326 e. The van der Waals surface area contributed by atoms with Crippen LogP contribution in [0.1, 0.15) is 26.3 Å². The van der Waals surface area contributed by atoms with E-state index in [2.05, 4.69) is 10.2 Å². The number of thioether (sulfide) groups is 1. The molecule has 0 bridgehead atoms. The van der Waals surface area contributed by atoms with Gasteiger partial charge < -0.3 is 19.7 Å². The molecule has 2 rings (SSSR count). The molecule has 0 spiro atoms. The Morgan fingerprint density at radius 1 is 1.52 bits per heavy atom. The van der Waals surface area contributed by atoms with Gasteiger partial charge >= 0.3 is 5.97 Å². The third-order valence-corrected chi connectivity index (χ3v) is 4.25. The van der Waals surface area contributed by atoms with Gasteiger partial charge in [-0.1, -0.05) is 11.8 Å². The number of carbonyl (C=O) groups is 2. The average Bonchev–Trinajstić information content (AvgIpc) is 3.01. The first kappa shape index (κ1) is 15.8. The van der Waals surface area contributed by atoms with Crippen LogP contribution in [0, 0.1) is 0 Å². The summed E-state index contributed by atoms with van der Waals surface area (Å²) < 4.78 is 1.84. The summed E-state index contributed by atoms with van der Waals surface area (Å²) in [5.41, 5.74) is 0. The lowest BCUT2D eigenvalue weighted by Gasteiger charge is -2.20. The minimum Gasteiger partial charge on any atom is -0.480 e. The predicted octanol–water partition coefficient (Wildman–Crippen LogP) is -0.00250. The van der Waals surface area contributed by atoms with Gasteiger partial charge in [0.2, 0.25) is 5.91 Å². The normalized spacial score (nSPS) is 22.0. The lowest BCUT2D eigenvalue weighted by molar-refractivity contribution is -0.147. The van der Waals surface area contributed by atoms with Crippen molar-refractivity contribution in [3.63, 3.8) is 0 Å². The number of aliphatic hydroxyl groups excluding tert-OH is 1. The molecular formula is C12H18N4O4S. The number of amides is 1. The minimum absolute atomic E-state index is 0.0627. The molecule has 2 atom stereocenters. The van der Waals surface area contributed by atoms with E-state index >= 15 is 0 Å². The van der Waals surface area contributed by atoms with Gasteiger partial charge in [-0.15, -0.1) is 10.2 Å². The van der Waals surface area contributed by atoms with Crippen molar-refractivity contribution in [2.24, 2.45) is 0 Å². The molecule has 2 N–H and O–H groups in total. The number of aliphatic hydroxyl groups is 1. The van der Waals surface area contributed by atoms with Crippen molar-refractivity contribution in [2.45, 2.75) is 43.6 Å². The molecular weight excluding hydrogens is 296 g/mol. The van der Waals surface area contributed by atoms with E-state index in [-0.39, 0.29) is 30.7 Å². The van der Waals surface area contributed by atoms with Crippen LogP contribution in [0.4, 0.5) is 0 Å². The van der Waals surface area contributed by atoms with E-state index in [0.29, 0.717) is 5.16 Å². The average molecular weight is 314 g/mol. The minimum atomic E-state index is -1.09. The van der Waals surface area contributed by atoms with Crippen LogP contribution in [0.3, 0.4) is 0 Å². The summed E-state index contributed by atoms with van der Waals surface area (Å²) in [4.78, 5) is 24.5. The van der Waals surface area contributed by atoms with Crippen molar-refractivity contribution in [2.75, 3.05) is 12.3 Å². The van der Waals surface area contributed by atoms with Crippen molar-refractivity contribution < 1.29 is 19.8 Å². The largest absolute Gasteiger partial charge is 0.480 e. The van der Waals surface area contributed by atoms with Gasteiger partial charge in [-0.3, -0.25) is 4.79 Å². The first-order chi connectivity index (χ1) is 9.90. The second-order valence-corrected chi connectivity index (χ2v) is 6.14. The first-order valence-electron chi connectivity index (χ1n) is 6.62. The van der Waals surface area contributed by atoms with Crippen LogP contribution in [0.15, 0.2) is 11.5 Å². The first-order valence-corrected chi connectivity index (χ1v) is 7.61. The number of carboxylic acids is 1. The summed E-state index contributed by atoms with van der Waals surface area (Å²) in [5.74, 6) is -1.33. The molecule has 1 aromatic heterocycles. The van der Waals surface area contributed by atoms with Crippen LogP contribution in [-0.4, -0.2) is 66.2 Å². The molecule has 0 aromatic carbocycles. The molecule has 1 aromatic rings. The third kappa shape index (κ3) is 3.53. The summed E-state index contributed by atoms with van der Waals surface area (Å²) in [6, 6.07) is -0.769. The summed E-state index contributed by atoms with van der Waals surface area (Å²) in [6.07, 6.45) is 0.893.